The number of nitrogens with one attached hydrogen (secondary N) is 1. The molecule has 27 heavy (non-hydrogen) atoms. The molecule has 0 aliphatic rings. The van der Waals surface area contributed by atoms with E-state index in [2.05, 4.69) is 15.5 Å². The highest BCUT2D eigenvalue weighted by molar-refractivity contribution is 5.94. The molecule has 1 N–H and O–H groups in total. The minimum atomic E-state index is -0.0470. The van der Waals surface area contributed by atoms with Crippen molar-refractivity contribution < 1.29 is 14.1 Å². The van der Waals surface area contributed by atoms with Crippen LogP contribution >= 0.6 is 0 Å². The Hall–Kier alpha value is -3.35. The molecular weight excluding hydrogens is 344 g/mol. The van der Waals surface area contributed by atoms with E-state index >= 15 is 0 Å². The largest absolute Gasteiger partial charge is 0.494 e. The fourth-order valence-corrected chi connectivity index (χ4v) is 2.51. The Labute approximate surface area is 158 Å². The van der Waals surface area contributed by atoms with Crippen molar-refractivity contribution in [1.29, 1.82) is 0 Å². The highest BCUT2D eigenvalue weighted by Crippen LogP contribution is 2.20. The monoisotopic (exact) mass is 366 g/mol. The molecule has 0 atom stereocenters. The van der Waals surface area contributed by atoms with Gasteiger partial charge in [-0.3, -0.25) is 4.79 Å². The van der Waals surface area contributed by atoms with Crippen LogP contribution in [0.25, 0.3) is 11.4 Å². The van der Waals surface area contributed by atoms with Crippen molar-refractivity contribution in [3.8, 4) is 17.1 Å². The minimum absolute atomic E-state index is 0.0470. The van der Waals surface area contributed by atoms with E-state index in [0.29, 0.717) is 30.4 Å². The van der Waals surface area contributed by atoms with Gasteiger partial charge in [0.05, 0.1) is 13.2 Å². The summed E-state index contributed by atoms with van der Waals surface area (Å²) in [7, 11) is 3.45. The number of amides is 1. The number of benzene rings is 2. The maximum absolute atomic E-state index is 12.0. The molecule has 3 aromatic rings. The van der Waals surface area contributed by atoms with Crippen molar-refractivity contribution in [3.05, 3.63) is 60.0 Å². The fourth-order valence-electron chi connectivity index (χ4n) is 2.51. The maximum Gasteiger partial charge on any atom is 0.253 e. The standard InChI is InChI=1S/C20H22N4O3/c1-4-26-17-10-8-14(9-11-17)19-22-18(27-23-19)13-21-16-7-5-6-15(12-16)20(25)24(2)3/h5-12,21H,4,13H2,1-3H3. The Morgan fingerprint density at radius 2 is 1.96 bits per heavy atom. The van der Waals surface area contributed by atoms with Crippen LogP contribution in [0.5, 0.6) is 5.75 Å². The first kappa shape index (κ1) is 18.4. The third kappa shape index (κ3) is 4.63. The molecule has 0 unspecified atom stereocenters. The van der Waals surface area contributed by atoms with Crippen LogP contribution in [0.2, 0.25) is 0 Å². The first-order valence-corrected chi connectivity index (χ1v) is 8.68. The molecule has 0 bridgehead atoms. The SMILES string of the molecule is CCOc1ccc(-c2noc(CNc3cccc(C(=O)N(C)C)c3)n2)cc1. The van der Waals surface area contributed by atoms with Crippen LogP contribution in [0.1, 0.15) is 23.2 Å². The number of ether oxygens (including phenoxy) is 1. The normalized spacial score (nSPS) is 10.5. The van der Waals surface area contributed by atoms with Gasteiger partial charge in [0.2, 0.25) is 11.7 Å². The van der Waals surface area contributed by atoms with Gasteiger partial charge in [-0.05, 0) is 49.4 Å². The molecule has 7 nitrogen and oxygen atoms in total. The highest BCUT2D eigenvalue weighted by Gasteiger charge is 2.10. The number of hydrogen-bond acceptors (Lipinski definition) is 6. The molecule has 1 aromatic heterocycles. The zero-order valence-electron chi connectivity index (χ0n) is 15.6. The molecule has 1 amide bonds. The third-order valence-electron chi connectivity index (χ3n) is 3.85. The highest BCUT2D eigenvalue weighted by atomic mass is 16.5. The van der Waals surface area contributed by atoms with E-state index < -0.39 is 0 Å². The molecule has 0 saturated carbocycles. The van der Waals surface area contributed by atoms with Gasteiger partial charge in [0.15, 0.2) is 0 Å². The van der Waals surface area contributed by atoms with E-state index in [1.54, 1.807) is 31.1 Å². The Bertz CT molecular complexity index is 904. The van der Waals surface area contributed by atoms with Crippen LogP contribution in [-0.4, -0.2) is 41.6 Å². The van der Waals surface area contributed by atoms with E-state index in [1.807, 2.05) is 43.3 Å². The number of anilines is 1. The number of rotatable bonds is 7. The van der Waals surface area contributed by atoms with Gasteiger partial charge in [0, 0.05) is 30.9 Å². The molecule has 0 fully saturated rings. The molecule has 0 spiro atoms. The van der Waals surface area contributed by atoms with E-state index in [0.717, 1.165) is 17.0 Å². The lowest BCUT2D eigenvalue weighted by atomic mass is 10.2. The van der Waals surface area contributed by atoms with Crippen molar-refractivity contribution in [2.45, 2.75) is 13.5 Å². The van der Waals surface area contributed by atoms with Crippen molar-refractivity contribution >= 4 is 11.6 Å². The van der Waals surface area contributed by atoms with Crippen LogP contribution < -0.4 is 10.1 Å². The average Bonchev–Trinajstić information content (AvgIpc) is 3.16. The second kappa shape index (κ2) is 8.35. The summed E-state index contributed by atoms with van der Waals surface area (Å²) >= 11 is 0. The van der Waals surface area contributed by atoms with Gasteiger partial charge < -0.3 is 19.5 Å². The molecular formula is C20H22N4O3. The van der Waals surface area contributed by atoms with Gasteiger partial charge in [0.25, 0.3) is 5.91 Å². The second-order valence-corrected chi connectivity index (χ2v) is 6.10. The van der Waals surface area contributed by atoms with Crippen LogP contribution in [0, 0.1) is 0 Å². The summed E-state index contributed by atoms with van der Waals surface area (Å²) in [6.45, 7) is 2.93. The smallest absolute Gasteiger partial charge is 0.253 e. The first-order valence-electron chi connectivity index (χ1n) is 8.68. The van der Waals surface area contributed by atoms with Gasteiger partial charge >= 0.3 is 0 Å². The van der Waals surface area contributed by atoms with Gasteiger partial charge in [-0.1, -0.05) is 11.2 Å². The summed E-state index contributed by atoms with van der Waals surface area (Å²) in [5, 5.41) is 7.21. The Balaban J connectivity index is 1.64. The molecule has 1 heterocycles. The predicted octanol–water partition coefficient (Wildman–Crippen LogP) is 3.45. The summed E-state index contributed by atoms with van der Waals surface area (Å²) in [6, 6.07) is 14.8. The number of hydrogen-bond donors (Lipinski definition) is 1. The summed E-state index contributed by atoms with van der Waals surface area (Å²) in [6.07, 6.45) is 0. The molecule has 7 heteroatoms. The van der Waals surface area contributed by atoms with Crippen molar-refractivity contribution in [1.82, 2.24) is 15.0 Å². The Kier molecular flexibility index (Phi) is 5.71. The lowest BCUT2D eigenvalue weighted by molar-refractivity contribution is 0.0827. The first-order chi connectivity index (χ1) is 13.1. The summed E-state index contributed by atoms with van der Waals surface area (Å²) < 4.78 is 10.7. The number of carbonyl (C=O) groups is 1. The van der Waals surface area contributed by atoms with Crippen molar-refractivity contribution in [2.75, 3.05) is 26.0 Å². The quantitative estimate of drug-likeness (QED) is 0.690. The fraction of sp³-hybridized carbons (Fsp3) is 0.250. The molecule has 0 saturated heterocycles. The van der Waals surface area contributed by atoms with Gasteiger partial charge in [-0.25, -0.2) is 0 Å². The van der Waals surface area contributed by atoms with E-state index in [4.69, 9.17) is 9.26 Å². The van der Waals surface area contributed by atoms with Gasteiger partial charge in [-0.2, -0.15) is 4.98 Å². The van der Waals surface area contributed by atoms with Gasteiger partial charge in [-0.15, -0.1) is 0 Å². The molecule has 0 aliphatic carbocycles. The lowest BCUT2D eigenvalue weighted by Crippen LogP contribution is -2.21. The van der Waals surface area contributed by atoms with Crippen molar-refractivity contribution in [2.24, 2.45) is 0 Å². The zero-order chi connectivity index (χ0) is 19.2. The summed E-state index contributed by atoms with van der Waals surface area (Å²) in [5.74, 6) is 1.74. The van der Waals surface area contributed by atoms with E-state index in [1.165, 1.54) is 0 Å². The average molecular weight is 366 g/mol. The Morgan fingerprint density at radius 1 is 1.19 bits per heavy atom. The number of carbonyl (C=O) groups excluding carboxylic acids is 1. The minimum Gasteiger partial charge on any atom is -0.494 e. The molecule has 140 valence electrons. The zero-order valence-corrected chi connectivity index (χ0v) is 15.6. The topological polar surface area (TPSA) is 80.5 Å². The molecule has 0 radical (unpaired) electrons. The van der Waals surface area contributed by atoms with E-state index in [-0.39, 0.29) is 5.91 Å². The number of aromatic nitrogens is 2. The summed E-state index contributed by atoms with van der Waals surface area (Å²) in [5.41, 5.74) is 2.28. The van der Waals surface area contributed by atoms with Crippen LogP contribution in [0.15, 0.2) is 53.1 Å². The van der Waals surface area contributed by atoms with Gasteiger partial charge in [0.1, 0.15) is 5.75 Å². The predicted molar refractivity (Wildman–Crippen MR) is 103 cm³/mol. The number of nitrogens with zero attached hydrogens (tertiary/aromatic N) is 3. The van der Waals surface area contributed by atoms with Crippen LogP contribution in [0.3, 0.4) is 0 Å². The van der Waals surface area contributed by atoms with Crippen LogP contribution in [0.4, 0.5) is 5.69 Å². The lowest BCUT2D eigenvalue weighted by Gasteiger charge is -2.11. The summed E-state index contributed by atoms with van der Waals surface area (Å²) in [4.78, 5) is 18.0. The van der Waals surface area contributed by atoms with E-state index in [9.17, 15) is 4.79 Å². The maximum atomic E-state index is 12.0. The second-order valence-electron chi connectivity index (χ2n) is 6.10. The molecule has 2 aromatic carbocycles. The molecule has 3 rings (SSSR count). The molecule has 0 aliphatic heterocycles. The van der Waals surface area contributed by atoms with Crippen molar-refractivity contribution in [3.63, 3.8) is 0 Å². The third-order valence-corrected chi connectivity index (χ3v) is 3.85. The Morgan fingerprint density at radius 3 is 2.67 bits per heavy atom. The van der Waals surface area contributed by atoms with Crippen LogP contribution in [-0.2, 0) is 6.54 Å².